The third kappa shape index (κ3) is 2.02. The third-order valence-electron chi connectivity index (χ3n) is 2.99. The Morgan fingerprint density at radius 2 is 2.19 bits per heavy atom. The van der Waals surface area contributed by atoms with Gasteiger partial charge in [-0.15, -0.1) is 0 Å². The number of para-hydroxylation sites is 1. The summed E-state index contributed by atoms with van der Waals surface area (Å²) < 4.78 is 0. The molecule has 1 aromatic carbocycles. The maximum atomic E-state index is 9.93. The molecule has 1 aromatic rings. The molecular weight excluding hydrogens is 202 g/mol. The van der Waals surface area contributed by atoms with Crippen LogP contribution in [-0.4, -0.2) is 29.6 Å². The molecule has 1 fully saturated rings. The van der Waals surface area contributed by atoms with Crippen LogP contribution in [0.15, 0.2) is 24.3 Å². The Morgan fingerprint density at radius 1 is 1.50 bits per heavy atom. The van der Waals surface area contributed by atoms with Crippen LogP contribution in [0, 0.1) is 5.41 Å². The second-order valence-electron chi connectivity index (χ2n) is 4.60. The molecule has 4 nitrogen and oxygen atoms in total. The molecule has 4 heteroatoms. The fraction of sp³-hybridized carbons (Fsp3) is 0.417. The van der Waals surface area contributed by atoms with Crippen molar-refractivity contribution in [3.05, 3.63) is 29.8 Å². The molecule has 86 valence electrons. The summed E-state index contributed by atoms with van der Waals surface area (Å²) >= 11 is 0. The number of β-amino-alcohol motifs (C(OH)–C–C–N with tert-alkyl or cyclic N) is 1. The van der Waals surface area contributed by atoms with Crippen LogP contribution < -0.4 is 10.6 Å². The number of nitrogen functional groups attached to an aromatic ring is 1. The second kappa shape index (κ2) is 3.79. The number of benzene rings is 1. The summed E-state index contributed by atoms with van der Waals surface area (Å²) in [5, 5.41) is 17.5. The highest BCUT2D eigenvalue weighted by Gasteiger charge is 2.32. The number of hydrogen-bond donors (Lipinski definition) is 3. The first-order chi connectivity index (χ1) is 7.49. The molecule has 0 amide bonds. The predicted octanol–water partition coefficient (Wildman–Crippen LogP) is 0.932. The number of aliphatic hydroxyl groups is 1. The van der Waals surface area contributed by atoms with Crippen molar-refractivity contribution in [3.63, 3.8) is 0 Å². The molecule has 1 saturated heterocycles. The zero-order chi connectivity index (χ0) is 11.8. The Bertz CT molecular complexity index is 414. The minimum Gasteiger partial charge on any atom is -0.388 e. The van der Waals surface area contributed by atoms with E-state index in [0.29, 0.717) is 6.54 Å². The number of nitrogens with zero attached hydrogens (tertiary/aromatic N) is 1. The normalized spacial score (nSPS) is 24.8. The van der Waals surface area contributed by atoms with E-state index in [1.165, 1.54) is 0 Å². The van der Waals surface area contributed by atoms with Crippen LogP contribution >= 0.6 is 0 Å². The van der Waals surface area contributed by atoms with E-state index in [4.69, 9.17) is 11.1 Å². The maximum absolute atomic E-state index is 9.93. The molecule has 0 saturated carbocycles. The van der Waals surface area contributed by atoms with Crippen LogP contribution in [0.5, 0.6) is 0 Å². The first-order valence-corrected chi connectivity index (χ1v) is 5.40. The van der Waals surface area contributed by atoms with Crippen LogP contribution in [0.3, 0.4) is 0 Å². The molecule has 0 aromatic heterocycles. The van der Waals surface area contributed by atoms with E-state index in [2.05, 4.69) is 4.90 Å². The largest absolute Gasteiger partial charge is 0.388 e. The van der Waals surface area contributed by atoms with Crippen molar-refractivity contribution in [2.24, 2.45) is 5.73 Å². The molecule has 1 aliphatic heterocycles. The molecule has 1 aliphatic rings. The van der Waals surface area contributed by atoms with E-state index in [-0.39, 0.29) is 5.84 Å². The Hall–Kier alpha value is -1.55. The van der Waals surface area contributed by atoms with Gasteiger partial charge in [-0.3, -0.25) is 5.41 Å². The Balaban J connectivity index is 2.31. The van der Waals surface area contributed by atoms with Crippen molar-refractivity contribution in [2.75, 3.05) is 18.0 Å². The molecular formula is C12H17N3O. The SMILES string of the molecule is CC1(O)CCN(c2ccccc2C(=N)N)C1. The average Bonchev–Trinajstić information content (AvgIpc) is 2.59. The lowest BCUT2D eigenvalue weighted by Gasteiger charge is -2.23. The number of hydrogen-bond acceptors (Lipinski definition) is 3. The van der Waals surface area contributed by atoms with Crippen molar-refractivity contribution in [2.45, 2.75) is 18.9 Å². The van der Waals surface area contributed by atoms with Gasteiger partial charge < -0.3 is 15.7 Å². The molecule has 0 aliphatic carbocycles. The summed E-state index contributed by atoms with van der Waals surface area (Å²) in [6.07, 6.45) is 0.749. The molecule has 0 radical (unpaired) electrons. The fourth-order valence-corrected chi connectivity index (χ4v) is 2.13. The zero-order valence-corrected chi connectivity index (χ0v) is 9.40. The summed E-state index contributed by atoms with van der Waals surface area (Å²) in [7, 11) is 0. The van der Waals surface area contributed by atoms with Gasteiger partial charge in [0.15, 0.2) is 0 Å². The molecule has 0 spiro atoms. The Kier molecular flexibility index (Phi) is 2.59. The van der Waals surface area contributed by atoms with Gasteiger partial charge in [0, 0.05) is 24.3 Å². The van der Waals surface area contributed by atoms with E-state index in [1.807, 2.05) is 31.2 Å². The van der Waals surface area contributed by atoms with Crippen molar-refractivity contribution < 1.29 is 5.11 Å². The summed E-state index contributed by atoms with van der Waals surface area (Å²) in [4.78, 5) is 2.08. The minimum absolute atomic E-state index is 0.0714. The average molecular weight is 219 g/mol. The molecule has 2 rings (SSSR count). The minimum atomic E-state index is -0.635. The van der Waals surface area contributed by atoms with Gasteiger partial charge in [-0.25, -0.2) is 0 Å². The van der Waals surface area contributed by atoms with Crippen LogP contribution in [0.4, 0.5) is 5.69 Å². The highest BCUT2D eigenvalue weighted by molar-refractivity contribution is 6.00. The topological polar surface area (TPSA) is 73.3 Å². The summed E-state index contributed by atoms with van der Waals surface area (Å²) in [6, 6.07) is 7.58. The summed E-state index contributed by atoms with van der Waals surface area (Å²) in [5.74, 6) is 0.0714. The van der Waals surface area contributed by atoms with E-state index in [1.54, 1.807) is 0 Å². The highest BCUT2D eigenvalue weighted by Crippen LogP contribution is 2.28. The first kappa shape index (κ1) is 11.0. The van der Waals surface area contributed by atoms with Gasteiger partial charge in [-0.05, 0) is 25.5 Å². The standard InChI is InChI=1S/C12H17N3O/c1-12(16)6-7-15(8-12)10-5-3-2-4-9(10)11(13)14/h2-5,16H,6-8H2,1H3,(H3,13,14). The lowest BCUT2D eigenvalue weighted by atomic mass is 10.1. The van der Waals surface area contributed by atoms with Crippen molar-refractivity contribution in [1.29, 1.82) is 5.41 Å². The van der Waals surface area contributed by atoms with Gasteiger partial charge in [0.25, 0.3) is 0 Å². The maximum Gasteiger partial charge on any atom is 0.124 e. The zero-order valence-electron chi connectivity index (χ0n) is 9.40. The number of nitrogens with one attached hydrogen (secondary N) is 1. The van der Waals surface area contributed by atoms with Crippen LogP contribution in [0.1, 0.15) is 18.9 Å². The fourth-order valence-electron chi connectivity index (χ4n) is 2.13. The van der Waals surface area contributed by atoms with E-state index >= 15 is 0 Å². The van der Waals surface area contributed by atoms with Gasteiger partial charge in [0.2, 0.25) is 0 Å². The van der Waals surface area contributed by atoms with Gasteiger partial charge in [-0.2, -0.15) is 0 Å². The van der Waals surface area contributed by atoms with Crippen LogP contribution in [0.25, 0.3) is 0 Å². The first-order valence-electron chi connectivity index (χ1n) is 5.40. The van der Waals surface area contributed by atoms with Gasteiger partial charge in [0.05, 0.1) is 5.60 Å². The quantitative estimate of drug-likeness (QED) is 0.512. The van der Waals surface area contributed by atoms with Crippen LogP contribution in [-0.2, 0) is 0 Å². The lowest BCUT2D eigenvalue weighted by Crippen LogP contribution is -2.30. The van der Waals surface area contributed by atoms with Gasteiger partial charge in [-0.1, -0.05) is 12.1 Å². The van der Waals surface area contributed by atoms with E-state index < -0.39 is 5.60 Å². The molecule has 1 atom stereocenters. The van der Waals surface area contributed by atoms with Crippen LogP contribution in [0.2, 0.25) is 0 Å². The molecule has 0 bridgehead atoms. The predicted molar refractivity (Wildman–Crippen MR) is 64.9 cm³/mol. The number of rotatable bonds is 2. The van der Waals surface area contributed by atoms with Crippen molar-refractivity contribution in [1.82, 2.24) is 0 Å². The monoisotopic (exact) mass is 219 g/mol. The van der Waals surface area contributed by atoms with Gasteiger partial charge >= 0.3 is 0 Å². The molecule has 16 heavy (non-hydrogen) atoms. The second-order valence-corrected chi connectivity index (χ2v) is 4.60. The number of nitrogens with two attached hydrogens (primary N) is 1. The highest BCUT2D eigenvalue weighted by atomic mass is 16.3. The lowest BCUT2D eigenvalue weighted by molar-refractivity contribution is 0.0839. The van der Waals surface area contributed by atoms with Gasteiger partial charge in [0.1, 0.15) is 5.84 Å². The van der Waals surface area contributed by atoms with Crippen molar-refractivity contribution >= 4 is 11.5 Å². The third-order valence-corrected chi connectivity index (χ3v) is 2.99. The van der Waals surface area contributed by atoms with E-state index in [9.17, 15) is 5.11 Å². The molecule has 1 heterocycles. The Labute approximate surface area is 95.2 Å². The number of anilines is 1. The Morgan fingerprint density at radius 3 is 2.75 bits per heavy atom. The molecule has 1 unspecified atom stereocenters. The number of amidine groups is 1. The smallest absolute Gasteiger partial charge is 0.124 e. The van der Waals surface area contributed by atoms with E-state index in [0.717, 1.165) is 24.2 Å². The summed E-state index contributed by atoms with van der Waals surface area (Å²) in [6.45, 7) is 3.23. The summed E-state index contributed by atoms with van der Waals surface area (Å²) in [5.41, 5.74) is 6.58. The van der Waals surface area contributed by atoms with Crippen molar-refractivity contribution in [3.8, 4) is 0 Å². The molecule has 4 N–H and O–H groups in total.